The van der Waals surface area contributed by atoms with Crippen molar-refractivity contribution < 1.29 is 14.3 Å². The van der Waals surface area contributed by atoms with Gasteiger partial charge < -0.3 is 4.74 Å². The van der Waals surface area contributed by atoms with Crippen molar-refractivity contribution in [2.24, 2.45) is 0 Å². The molecule has 0 radical (unpaired) electrons. The lowest BCUT2D eigenvalue weighted by Crippen LogP contribution is -2.49. The van der Waals surface area contributed by atoms with Crippen molar-refractivity contribution in [2.45, 2.75) is 0 Å². The third-order valence-corrected chi connectivity index (χ3v) is 4.73. The van der Waals surface area contributed by atoms with Crippen LogP contribution in [0.5, 0.6) is 5.75 Å². The molecule has 0 saturated carbocycles. The molecule has 1 heterocycles. The smallest absolute Gasteiger partial charge is 0.276 e. The van der Waals surface area contributed by atoms with Gasteiger partial charge in [-0.15, -0.1) is 11.3 Å². The highest BCUT2D eigenvalue weighted by Crippen LogP contribution is 2.27. The molecular weight excluding hydrogens is 482 g/mol. The third-order valence-electron chi connectivity index (χ3n) is 2.54. The Morgan fingerprint density at radius 3 is 2.67 bits per heavy atom. The van der Waals surface area contributed by atoms with Crippen molar-refractivity contribution in [3.63, 3.8) is 0 Å². The van der Waals surface area contributed by atoms with Gasteiger partial charge in [0.25, 0.3) is 11.8 Å². The van der Waals surface area contributed by atoms with E-state index >= 15 is 0 Å². The van der Waals surface area contributed by atoms with Crippen LogP contribution >= 0.6 is 55.4 Å². The quantitative estimate of drug-likeness (QED) is 0.451. The first-order valence-corrected chi connectivity index (χ1v) is 9.34. The Hall–Kier alpha value is -1.49. The van der Waals surface area contributed by atoms with Crippen molar-refractivity contribution in [1.82, 2.24) is 16.2 Å². The van der Waals surface area contributed by atoms with Crippen LogP contribution in [-0.4, -0.2) is 23.5 Å². The first-order chi connectivity index (χ1) is 11.5. The van der Waals surface area contributed by atoms with Crippen LogP contribution in [0, 0.1) is 0 Å². The number of carbonyl (C=O) groups excluding carboxylic acids is 2. The predicted octanol–water partition coefficient (Wildman–Crippen LogP) is 2.99. The molecule has 2 aromatic rings. The average molecular weight is 493 g/mol. The van der Waals surface area contributed by atoms with Gasteiger partial charge in [0.2, 0.25) is 0 Å². The van der Waals surface area contributed by atoms with Gasteiger partial charge in [-0.2, -0.15) is 0 Å². The van der Waals surface area contributed by atoms with E-state index in [1.807, 2.05) is 0 Å². The highest BCUT2D eigenvalue weighted by molar-refractivity contribution is 9.11. The zero-order valence-electron chi connectivity index (χ0n) is 12.0. The zero-order valence-corrected chi connectivity index (χ0v) is 16.8. The van der Waals surface area contributed by atoms with Crippen LogP contribution in [0.15, 0.2) is 44.7 Å². The van der Waals surface area contributed by atoms with Gasteiger partial charge in [-0.05, 0) is 57.8 Å². The molecule has 6 nitrogen and oxygen atoms in total. The molecular formula is C14H11Br2N3O3S2. The van der Waals surface area contributed by atoms with E-state index < -0.39 is 5.91 Å². The molecule has 1 aromatic heterocycles. The lowest BCUT2D eigenvalue weighted by molar-refractivity contribution is -0.123. The number of rotatable bonds is 4. The average Bonchev–Trinajstić information content (AvgIpc) is 3.06. The number of hydrogen-bond acceptors (Lipinski definition) is 5. The van der Waals surface area contributed by atoms with Crippen molar-refractivity contribution >= 4 is 72.3 Å². The normalized spacial score (nSPS) is 9.92. The second kappa shape index (κ2) is 9.11. The van der Waals surface area contributed by atoms with Crippen LogP contribution < -0.4 is 20.9 Å². The Morgan fingerprint density at radius 1 is 1.21 bits per heavy atom. The van der Waals surface area contributed by atoms with Gasteiger partial charge in [0, 0.05) is 4.47 Å². The highest BCUT2D eigenvalue weighted by atomic mass is 79.9. The molecule has 126 valence electrons. The molecule has 0 atom stereocenters. The van der Waals surface area contributed by atoms with Crippen LogP contribution in [-0.2, 0) is 4.79 Å². The van der Waals surface area contributed by atoms with Crippen molar-refractivity contribution in [2.75, 3.05) is 6.61 Å². The van der Waals surface area contributed by atoms with Crippen LogP contribution in [0.25, 0.3) is 0 Å². The fourth-order valence-corrected chi connectivity index (χ4v) is 3.43. The van der Waals surface area contributed by atoms with E-state index in [1.165, 1.54) is 11.3 Å². The van der Waals surface area contributed by atoms with Crippen LogP contribution in [0.1, 0.15) is 9.67 Å². The summed E-state index contributed by atoms with van der Waals surface area (Å²) in [5.41, 5.74) is 4.78. The maximum atomic E-state index is 11.8. The lowest BCUT2D eigenvalue weighted by atomic mass is 10.3. The van der Waals surface area contributed by atoms with Crippen molar-refractivity contribution in [1.29, 1.82) is 0 Å². The number of thiophene rings is 1. The Balaban J connectivity index is 1.72. The molecule has 24 heavy (non-hydrogen) atoms. The topological polar surface area (TPSA) is 79.5 Å². The molecule has 0 aliphatic carbocycles. The minimum absolute atomic E-state index is 0.00780. The highest BCUT2D eigenvalue weighted by Gasteiger charge is 2.10. The third kappa shape index (κ3) is 5.86. The predicted molar refractivity (Wildman–Crippen MR) is 103 cm³/mol. The summed E-state index contributed by atoms with van der Waals surface area (Å²) < 4.78 is 6.98. The fraction of sp³-hybridized carbons (Fsp3) is 0.0714. The summed E-state index contributed by atoms with van der Waals surface area (Å²) in [7, 11) is 0. The van der Waals surface area contributed by atoms with E-state index in [4.69, 9.17) is 17.0 Å². The minimum Gasteiger partial charge on any atom is -0.483 e. The van der Waals surface area contributed by atoms with E-state index in [0.29, 0.717) is 10.6 Å². The van der Waals surface area contributed by atoms with Crippen LogP contribution in [0.2, 0.25) is 0 Å². The summed E-state index contributed by atoms with van der Waals surface area (Å²) in [6.45, 7) is -0.214. The molecule has 0 aliphatic rings. The number of halogens is 2. The van der Waals surface area contributed by atoms with E-state index in [9.17, 15) is 9.59 Å². The van der Waals surface area contributed by atoms with Gasteiger partial charge in [-0.25, -0.2) is 0 Å². The monoisotopic (exact) mass is 491 g/mol. The molecule has 0 spiro atoms. The Morgan fingerprint density at radius 2 is 2.00 bits per heavy atom. The molecule has 0 fully saturated rings. The molecule has 2 amide bonds. The van der Waals surface area contributed by atoms with Gasteiger partial charge in [0.1, 0.15) is 5.75 Å². The second-order valence-electron chi connectivity index (χ2n) is 4.30. The first-order valence-electron chi connectivity index (χ1n) is 6.47. The number of carbonyl (C=O) groups is 2. The van der Waals surface area contributed by atoms with Gasteiger partial charge in [0.05, 0.1) is 9.35 Å². The van der Waals surface area contributed by atoms with Crippen LogP contribution in [0.4, 0.5) is 0 Å². The molecule has 10 heteroatoms. The Bertz CT molecular complexity index is 754. The zero-order chi connectivity index (χ0) is 17.5. The number of hydrogen-bond donors (Lipinski definition) is 3. The molecule has 0 saturated heterocycles. The summed E-state index contributed by atoms with van der Waals surface area (Å²) in [5, 5.41) is 4.23. The Labute approximate surface area is 164 Å². The molecule has 0 bridgehead atoms. The first kappa shape index (κ1) is 18.8. The van der Waals surface area contributed by atoms with Gasteiger partial charge >= 0.3 is 0 Å². The van der Waals surface area contributed by atoms with E-state index in [0.717, 1.165) is 8.95 Å². The van der Waals surface area contributed by atoms with E-state index in [2.05, 4.69) is 48.0 Å². The summed E-state index contributed by atoms with van der Waals surface area (Å²) in [6.07, 6.45) is 0. The summed E-state index contributed by atoms with van der Waals surface area (Å²) in [4.78, 5) is 24.0. The van der Waals surface area contributed by atoms with Crippen LogP contribution in [0.3, 0.4) is 0 Å². The van der Waals surface area contributed by atoms with Crippen molar-refractivity contribution in [3.8, 4) is 5.75 Å². The maximum absolute atomic E-state index is 11.8. The minimum atomic E-state index is -0.447. The van der Waals surface area contributed by atoms with Crippen molar-refractivity contribution in [3.05, 3.63) is 49.5 Å². The largest absolute Gasteiger partial charge is 0.483 e. The van der Waals surface area contributed by atoms with Gasteiger partial charge in [-0.1, -0.05) is 22.0 Å². The molecule has 2 rings (SSSR count). The number of nitrogens with one attached hydrogen (secondary N) is 3. The fourth-order valence-electron chi connectivity index (χ4n) is 1.50. The second-order valence-corrected chi connectivity index (χ2v) is 7.42. The standard InChI is InChI=1S/C14H11Br2N3O3S2/c15-8-3-4-10(9(16)6-8)22-7-12(20)18-19-14(23)17-13(21)11-2-1-5-24-11/h1-6H,7H2,(H,18,20)(H2,17,19,21,23). The number of hydrazine groups is 1. The molecule has 3 N–H and O–H groups in total. The Kier molecular flexibility index (Phi) is 7.16. The lowest BCUT2D eigenvalue weighted by Gasteiger charge is -2.11. The summed E-state index contributed by atoms with van der Waals surface area (Å²) in [6, 6.07) is 8.76. The van der Waals surface area contributed by atoms with Gasteiger partial charge in [0.15, 0.2) is 11.7 Å². The maximum Gasteiger partial charge on any atom is 0.276 e. The summed E-state index contributed by atoms with van der Waals surface area (Å²) >= 11 is 12.9. The molecule has 0 aliphatic heterocycles. The number of benzene rings is 1. The molecule has 0 unspecified atom stereocenters. The van der Waals surface area contributed by atoms with E-state index in [-0.39, 0.29) is 17.6 Å². The number of ether oxygens (including phenoxy) is 1. The number of amides is 2. The number of thiocarbonyl (C=S) groups is 1. The van der Waals surface area contributed by atoms with Gasteiger partial charge in [-0.3, -0.25) is 25.8 Å². The molecule has 1 aromatic carbocycles. The SMILES string of the molecule is O=C(COc1ccc(Br)cc1Br)NNC(=S)NC(=O)c1cccs1. The summed E-state index contributed by atoms with van der Waals surface area (Å²) in [5.74, 6) is -0.258. The van der Waals surface area contributed by atoms with E-state index in [1.54, 1.807) is 35.7 Å².